The van der Waals surface area contributed by atoms with Crippen molar-refractivity contribution >= 4 is 35.6 Å². The van der Waals surface area contributed by atoms with Crippen molar-refractivity contribution in [3.63, 3.8) is 0 Å². The SMILES string of the molecule is CN=C(NCCCNc1ccccc1)NCc1ccccc1-n1nc(C)cc1C.I. The minimum atomic E-state index is 0. The number of aromatic nitrogens is 2. The van der Waals surface area contributed by atoms with Crippen LogP contribution in [0.2, 0.25) is 0 Å². The molecule has 3 aromatic rings. The third kappa shape index (κ3) is 6.76. The smallest absolute Gasteiger partial charge is 0.191 e. The van der Waals surface area contributed by atoms with Crippen molar-refractivity contribution in [2.24, 2.45) is 4.99 Å². The molecule has 0 radical (unpaired) electrons. The van der Waals surface area contributed by atoms with Crippen LogP contribution in [-0.4, -0.2) is 35.9 Å². The Morgan fingerprint density at radius 2 is 1.70 bits per heavy atom. The average Bonchev–Trinajstić information content (AvgIpc) is 3.08. The van der Waals surface area contributed by atoms with Gasteiger partial charge in [-0.2, -0.15) is 5.10 Å². The summed E-state index contributed by atoms with van der Waals surface area (Å²) < 4.78 is 2.00. The number of hydrogen-bond acceptors (Lipinski definition) is 3. The van der Waals surface area contributed by atoms with Crippen molar-refractivity contribution in [2.75, 3.05) is 25.5 Å². The normalized spacial score (nSPS) is 11.0. The van der Waals surface area contributed by atoms with Gasteiger partial charge >= 0.3 is 0 Å². The number of benzene rings is 2. The molecule has 0 aliphatic heterocycles. The fraction of sp³-hybridized carbons (Fsp3) is 0.304. The molecular weight excluding hydrogens is 487 g/mol. The molecule has 0 aliphatic rings. The maximum absolute atomic E-state index is 4.62. The van der Waals surface area contributed by atoms with Crippen molar-refractivity contribution in [3.8, 4) is 5.69 Å². The number of rotatable bonds is 8. The number of aryl methyl sites for hydroxylation is 2. The van der Waals surface area contributed by atoms with Crippen LogP contribution in [-0.2, 0) is 6.54 Å². The van der Waals surface area contributed by atoms with Gasteiger partial charge in [0, 0.05) is 38.1 Å². The molecule has 30 heavy (non-hydrogen) atoms. The van der Waals surface area contributed by atoms with Crippen molar-refractivity contribution in [1.29, 1.82) is 0 Å². The Labute approximate surface area is 196 Å². The molecule has 0 saturated carbocycles. The second-order valence-electron chi connectivity index (χ2n) is 6.97. The Morgan fingerprint density at radius 3 is 2.40 bits per heavy atom. The lowest BCUT2D eigenvalue weighted by Crippen LogP contribution is -2.38. The minimum Gasteiger partial charge on any atom is -0.385 e. The van der Waals surface area contributed by atoms with E-state index in [1.165, 1.54) is 5.56 Å². The third-order valence-electron chi connectivity index (χ3n) is 4.65. The van der Waals surface area contributed by atoms with E-state index in [1.807, 2.05) is 35.9 Å². The largest absolute Gasteiger partial charge is 0.385 e. The van der Waals surface area contributed by atoms with Crippen LogP contribution in [0.1, 0.15) is 23.4 Å². The highest BCUT2D eigenvalue weighted by Crippen LogP contribution is 2.16. The van der Waals surface area contributed by atoms with Gasteiger partial charge in [0.1, 0.15) is 0 Å². The van der Waals surface area contributed by atoms with E-state index in [0.29, 0.717) is 6.54 Å². The zero-order chi connectivity index (χ0) is 20.5. The van der Waals surface area contributed by atoms with Crippen LogP contribution in [0, 0.1) is 13.8 Å². The number of halogens is 1. The first-order chi connectivity index (χ1) is 14.2. The average molecular weight is 518 g/mol. The molecule has 0 fully saturated rings. The fourth-order valence-electron chi connectivity index (χ4n) is 3.22. The molecule has 0 amide bonds. The first-order valence-electron chi connectivity index (χ1n) is 10.0. The molecule has 1 heterocycles. The number of guanidine groups is 1. The predicted octanol–water partition coefficient (Wildman–Crippen LogP) is 4.27. The Kier molecular flexibility index (Phi) is 9.66. The number of anilines is 1. The van der Waals surface area contributed by atoms with E-state index in [0.717, 1.165) is 48.2 Å². The second-order valence-corrected chi connectivity index (χ2v) is 6.97. The maximum Gasteiger partial charge on any atom is 0.191 e. The number of nitrogens with one attached hydrogen (secondary N) is 3. The standard InChI is InChI=1S/C23H30N6.HI/c1-18-16-19(2)29(28-18)22-13-8-7-10-20(22)17-27-23(24-3)26-15-9-14-25-21-11-5-4-6-12-21;/h4-8,10-13,16,25H,9,14-15,17H2,1-3H3,(H2,24,26,27);1H. The fourth-order valence-corrected chi connectivity index (χ4v) is 3.22. The van der Waals surface area contributed by atoms with E-state index in [-0.39, 0.29) is 24.0 Å². The zero-order valence-corrected chi connectivity index (χ0v) is 20.2. The molecule has 3 N–H and O–H groups in total. The number of nitrogens with zero attached hydrogens (tertiary/aromatic N) is 3. The number of para-hydroxylation sites is 2. The summed E-state index contributed by atoms with van der Waals surface area (Å²) in [6.45, 7) is 6.53. The quantitative estimate of drug-likeness (QED) is 0.180. The molecule has 7 heteroatoms. The summed E-state index contributed by atoms with van der Waals surface area (Å²) in [7, 11) is 1.80. The summed E-state index contributed by atoms with van der Waals surface area (Å²) in [5, 5.41) is 14.8. The van der Waals surface area contributed by atoms with Crippen molar-refractivity contribution in [2.45, 2.75) is 26.8 Å². The molecule has 0 atom stereocenters. The van der Waals surface area contributed by atoms with Crippen LogP contribution in [0.5, 0.6) is 0 Å². The van der Waals surface area contributed by atoms with Gasteiger partial charge in [-0.3, -0.25) is 4.99 Å². The van der Waals surface area contributed by atoms with Gasteiger partial charge in [-0.1, -0.05) is 36.4 Å². The maximum atomic E-state index is 4.62. The predicted molar refractivity (Wildman–Crippen MR) is 136 cm³/mol. The Balaban J connectivity index is 0.00000320. The van der Waals surface area contributed by atoms with Crippen LogP contribution < -0.4 is 16.0 Å². The van der Waals surface area contributed by atoms with Crippen LogP contribution in [0.25, 0.3) is 5.69 Å². The Bertz CT molecular complexity index is 936. The molecule has 0 aliphatic carbocycles. The van der Waals surface area contributed by atoms with E-state index in [4.69, 9.17) is 0 Å². The molecule has 160 valence electrons. The van der Waals surface area contributed by atoms with Crippen LogP contribution in [0.4, 0.5) is 5.69 Å². The van der Waals surface area contributed by atoms with Gasteiger partial charge in [0.25, 0.3) is 0 Å². The summed E-state index contributed by atoms with van der Waals surface area (Å²) in [6, 6.07) is 20.7. The van der Waals surface area contributed by atoms with Gasteiger partial charge in [0.15, 0.2) is 5.96 Å². The van der Waals surface area contributed by atoms with E-state index in [2.05, 4.69) is 69.4 Å². The third-order valence-corrected chi connectivity index (χ3v) is 4.65. The van der Waals surface area contributed by atoms with Gasteiger partial charge in [-0.05, 0) is 50.1 Å². The lowest BCUT2D eigenvalue weighted by molar-refractivity contribution is 0.755. The van der Waals surface area contributed by atoms with Gasteiger partial charge in [-0.25, -0.2) is 4.68 Å². The summed E-state index contributed by atoms with van der Waals surface area (Å²) in [6.07, 6.45) is 0.998. The van der Waals surface area contributed by atoms with Gasteiger partial charge in [0.05, 0.1) is 11.4 Å². The molecule has 0 unspecified atom stereocenters. The van der Waals surface area contributed by atoms with Crippen molar-refractivity contribution in [1.82, 2.24) is 20.4 Å². The van der Waals surface area contributed by atoms with Crippen molar-refractivity contribution < 1.29 is 0 Å². The van der Waals surface area contributed by atoms with Crippen LogP contribution in [0.15, 0.2) is 65.7 Å². The second kappa shape index (κ2) is 12.2. The molecular formula is C23H31IN6. The monoisotopic (exact) mass is 518 g/mol. The van der Waals surface area contributed by atoms with E-state index >= 15 is 0 Å². The first kappa shape index (κ1) is 23.7. The Morgan fingerprint density at radius 1 is 0.967 bits per heavy atom. The molecule has 3 rings (SSSR count). The van der Waals surface area contributed by atoms with E-state index in [9.17, 15) is 0 Å². The minimum absolute atomic E-state index is 0. The van der Waals surface area contributed by atoms with Crippen LogP contribution >= 0.6 is 24.0 Å². The summed E-state index contributed by atoms with van der Waals surface area (Å²) in [4.78, 5) is 4.33. The summed E-state index contributed by atoms with van der Waals surface area (Å²) in [5.41, 5.74) is 5.56. The molecule has 0 bridgehead atoms. The topological polar surface area (TPSA) is 66.3 Å². The van der Waals surface area contributed by atoms with Gasteiger partial charge in [-0.15, -0.1) is 24.0 Å². The number of hydrogen-bond donors (Lipinski definition) is 3. The molecule has 2 aromatic carbocycles. The van der Waals surface area contributed by atoms with E-state index in [1.54, 1.807) is 7.05 Å². The highest BCUT2D eigenvalue weighted by Gasteiger charge is 2.09. The number of aliphatic imine (C=N–C) groups is 1. The highest BCUT2D eigenvalue weighted by molar-refractivity contribution is 14.0. The highest BCUT2D eigenvalue weighted by atomic mass is 127. The first-order valence-corrected chi connectivity index (χ1v) is 10.0. The van der Waals surface area contributed by atoms with Gasteiger partial charge < -0.3 is 16.0 Å². The summed E-state index contributed by atoms with van der Waals surface area (Å²) >= 11 is 0. The summed E-state index contributed by atoms with van der Waals surface area (Å²) in [5.74, 6) is 0.799. The molecule has 6 nitrogen and oxygen atoms in total. The lowest BCUT2D eigenvalue weighted by Gasteiger charge is -2.15. The molecule has 1 aromatic heterocycles. The van der Waals surface area contributed by atoms with Crippen molar-refractivity contribution in [3.05, 3.63) is 77.6 Å². The molecule has 0 saturated heterocycles. The van der Waals surface area contributed by atoms with E-state index < -0.39 is 0 Å². The van der Waals surface area contributed by atoms with Gasteiger partial charge in [0.2, 0.25) is 0 Å². The molecule has 0 spiro atoms. The zero-order valence-electron chi connectivity index (χ0n) is 17.9. The lowest BCUT2D eigenvalue weighted by atomic mass is 10.1. The van der Waals surface area contributed by atoms with Crippen LogP contribution in [0.3, 0.4) is 0 Å². The Hall–Kier alpha value is -2.55.